The molecule has 1 aromatic heterocycles. The molecule has 0 unspecified atom stereocenters. The molecule has 2 amide bonds. The average Bonchev–Trinajstić information content (AvgIpc) is 3.12. The van der Waals surface area contributed by atoms with Gasteiger partial charge in [-0.2, -0.15) is 10.5 Å². The van der Waals surface area contributed by atoms with Crippen LogP contribution in [0.5, 0.6) is 0 Å². The number of hydrogen-bond acceptors (Lipinski definition) is 5. The van der Waals surface area contributed by atoms with Crippen molar-refractivity contribution in [3.8, 4) is 23.3 Å². The van der Waals surface area contributed by atoms with Crippen molar-refractivity contribution in [1.29, 1.82) is 10.5 Å². The Morgan fingerprint density at radius 1 is 0.720 bits per heavy atom. The third-order valence-corrected chi connectivity index (χ3v) is 9.60. The number of carbonyl (C=O) groups excluding carboxylic acids is 2. The number of nitrogens with zero attached hydrogens (tertiary/aromatic N) is 3. The monoisotopic (exact) mass is 679 g/mol. The van der Waals surface area contributed by atoms with Crippen LogP contribution < -0.4 is 16.2 Å². The largest absolute Gasteiger partial charge is 0.326 e. The van der Waals surface area contributed by atoms with E-state index in [0.29, 0.717) is 60.2 Å². The summed E-state index contributed by atoms with van der Waals surface area (Å²) in [5, 5.41) is 25.2. The Kier molecular flexibility index (Phi) is 9.94. The lowest BCUT2D eigenvalue weighted by Gasteiger charge is -2.23. The van der Waals surface area contributed by atoms with E-state index in [1.807, 2.05) is 79.9 Å². The molecule has 2 aliphatic heterocycles. The Bertz CT molecular complexity index is 2290. The molecule has 0 saturated heterocycles. The number of nitriles is 2. The van der Waals surface area contributed by atoms with Crippen LogP contribution in [0.4, 0.5) is 11.4 Å². The minimum Gasteiger partial charge on any atom is -0.326 e. The molecule has 3 heterocycles. The molecule has 0 radical (unpaired) electrons. The van der Waals surface area contributed by atoms with E-state index in [2.05, 4.69) is 22.8 Å². The van der Waals surface area contributed by atoms with Crippen LogP contribution in [0, 0.1) is 29.6 Å². The van der Waals surface area contributed by atoms with Gasteiger partial charge in [-0.25, -0.2) is 0 Å². The van der Waals surface area contributed by atoms with Crippen LogP contribution in [-0.2, 0) is 42.3 Å². The minimum absolute atomic E-state index is 0.0182. The smallest absolute Gasteiger partial charge is 0.253 e. The van der Waals surface area contributed by atoms with E-state index in [4.69, 9.17) is 11.6 Å². The summed E-state index contributed by atoms with van der Waals surface area (Å²) in [7, 11) is 1.75. The summed E-state index contributed by atoms with van der Waals surface area (Å²) in [6, 6.07) is 29.1. The highest BCUT2D eigenvalue weighted by atomic mass is 35.5. The highest BCUT2D eigenvalue weighted by molar-refractivity contribution is 6.31. The first-order chi connectivity index (χ1) is 24.2. The summed E-state index contributed by atoms with van der Waals surface area (Å²) >= 11 is 6.35. The second kappa shape index (κ2) is 14.7. The molecule has 0 saturated carbocycles. The number of aryl methyl sites for hydroxylation is 2. The average molecular weight is 680 g/mol. The zero-order chi connectivity index (χ0) is 35.4. The summed E-state index contributed by atoms with van der Waals surface area (Å²) in [6.45, 7) is 1.81. The van der Waals surface area contributed by atoms with Gasteiger partial charge >= 0.3 is 0 Å². The molecule has 4 aromatic carbocycles. The van der Waals surface area contributed by atoms with Crippen molar-refractivity contribution in [1.82, 2.24) is 4.57 Å². The first kappa shape index (κ1) is 33.9. The van der Waals surface area contributed by atoms with Crippen LogP contribution in [0.3, 0.4) is 0 Å². The maximum atomic E-state index is 12.2. The fourth-order valence-electron chi connectivity index (χ4n) is 6.70. The van der Waals surface area contributed by atoms with Crippen molar-refractivity contribution in [2.45, 2.75) is 45.4 Å². The molecule has 0 fully saturated rings. The van der Waals surface area contributed by atoms with Crippen molar-refractivity contribution in [2.75, 3.05) is 10.6 Å². The number of carbonyl (C=O) groups is 2. The summed E-state index contributed by atoms with van der Waals surface area (Å²) in [5.74, 6) is 0.0553. The van der Waals surface area contributed by atoms with Gasteiger partial charge in [-0.05, 0) is 107 Å². The van der Waals surface area contributed by atoms with E-state index in [-0.39, 0.29) is 17.4 Å². The lowest BCUT2D eigenvalue weighted by atomic mass is 9.86. The number of hydrogen-bond donors (Lipinski definition) is 2. The molecule has 5 aromatic rings. The molecule has 0 atom stereocenters. The number of pyridine rings is 1. The quantitative estimate of drug-likeness (QED) is 0.200. The fraction of sp³-hybridized carbons (Fsp3) is 0.195. The van der Waals surface area contributed by atoms with Gasteiger partial charge < -0.3 is 15.2 Å². The van der Waals surface area contributed by atoms with Gasteiger partial charge in [-0.15, -0.1) is 0 Å². The third-order valence-electron chi connectivity index (χ3n) is 9.24. The van der Waals surface area contributed by atoms with Gasteiger partial charge in [0.2, 0.25) is 11.8 Å². The number of fused-ring (bicyclic) bond motifs is 2. The topological polar surface area (TPSA) is 128 Å². The molecule has 0 spiro atoms. The molecule has 248 valence electrons. The van der Waals surface area contributed by atoms with Gasteiger partial charge in [0.1, 0.15) is 0 Å². The van der Waals surface area contributed by atoms with Crippen LogP contribution in [0.15, 0.2) is 89.9 Å². The number of benzene rings is 4. The normalized spacial score (nSPS) is 13.0. The van der Waals surface area contributed by atoms with Crippen LogP contribution in [0.1, 0.15) is 62.9 Å². The van der Waals surface area contributed by atoms with E-state index in [1.165, 1.54) is 0 Å². The van der Waals surface area contributed by atoms with Crippen LogP contribution in [0.25, 0.3) is 11.1 Å². The minimum atomic E-state index is -0.0182. The standard InChI is InChI=1S/C24H21N3O2.C17H13ClN2O/c1-15-11-18(14-27(2)24(15)29)19-7-9-22-20(8-10-23(28)26-22)21(19)12-16-5-3-4-6-17(16)13-25;18-15-6-7-16-13(5-8-17(21)20-16)14(15)9-11-3-1-2-4-12(11)10-19/h3-7,9,11,14H,8,10,12H2,1-2H3,(H,26,28);1-4,6-7H,5,8-9H2,(H,20,21). The highest BCUT2D eigenvalue weighted by Crippen LogP contribution is 2.36. The zero-order valence-electron chi connectivity index (χ0n) is 27.8. The van der Waals surface area contributed by atoms with Gasteiger partial charge in [-0.3, -0.25) is 14.4 Å². The third kappa shape index (κ3) is 7.08. The van der Waals surface area contributed by atoms with Gasteiger partial charge in [0.05, 0.1) is 23.3 Å². The van der Waals surface area contributed by atoms with Crippen molar-refractivity contribution in [3.05, 3.63) is 151 Å². The molecular formula is C41H34ClN5O3. The first-order valence-electron chi connectivity index (χ1n) is 16.3. The van der Waals surface area contributed by atoms with Crippen LogP contribution in [-0.4, -0.2) is 16.4 Å². The number of rotatable bonds is 5. The van der Waals surface area contributed by atoms with E-state index in [0.717, 1.165) is 55.9 Å². The summed E-state index contributed by atoms with van der Waals surface area (Å²) in [4.78, 5) is 35.5. The Labute approximate surface area is 295 Å². The highest BCUT2D eigenvalue weighted by Gasteiger charge is 2.23. The van der Waals surface area contributed by atoms with E-state index < -0.39 is 0 Å². The molecule has 9 heteroatoms. The molecular weight excluding hydrogens is 646 g/mol. The molecule has 50 heavy (non-hydrogen) atoms. The molecule has 8 nitrogen and oxygen atoms in total. The summed E-state index contributed by atoms with van der Waals surface area (Å²) < 4.78 is 1.60. The molecule has 2 N–H and O–H groups in total. The van der Waals surface area contributed by atoms with Gasteiger partial charge in [0.25, 0.3) is 5.56 Å². The summed E-state index contributed by atoms with van der Waals surface area (Å²) in [6.07, 6.45) is 5.28. The van der Waals surface area contributed by atoms with Crippen LogP contribution >= 0.6 is 11.6 Å². The van der Waals surface area contributed by atoms with E-state index >= 15 is 0 Å². The number of amides is 2. The van der Waals surface area contributed by atoms with Gasteiger partial charge in [0.15, 0.2) is 0 Å². The lowest BCUT2D eigenvalue weighted by molar-refractivity contribution is -0.117. The number of anilines is 2. The molecule has 7 rings (SSSR count). The van der Waals surface area contributed by atoms with E-state index in [9.17, 15) is 24.9 Å². The van der Waals surface area contributed by atoms with Gasteiger partial charge in [-0.1, -0.05) is 54.1 Å². The Hall–Kier alpha value is -5.96. The van der Waals surface area contributed by atoms with Crippen LogP contribution in [0.2, 0.25) is 5.02 Å². The Balaban J connectivity index is 0.000000182. The fourth-order valence-corrected chi connectivity index (χ4v) is 6.95. The van der Waals surface area contributed by atoms with Crippen molar-refractivity contribution in [2.24, 2.45) is 7.05 Å². The molecule has 0 bridgehead atoms. The van der Waals surface area contributed by atoms with Gasteiger partial charge in [0, 0.05) is 54.5 Å². The van der Waals surface area contributed by atoms with E-state index in [1.54, 1.807) is 23.7 Å². The van der Waals surface area contributed by atoms with Crippen molar-refractivity contribution < 1.29 is 9.59 Å². The summed E-state index contributed by atoms with van der Waals surface area (Å²) in [5.41, 5.74) is 11.8. The Morgan fingerprint density at radius 3 is 1.80 bits per heavy atom. The second-order valence-electron chi connectivity index (χ2n) is 12.5. The number of halogens is 1. The predicted molar refractivity (Wildman–Crippen MR) is 195 cm³/mol. The van der Waals surface area contributed by atoms with Crippen molar-refractivity contribution >= 4 is 34.8 Å². The SMILES string of the molecule is Cc1cc(-c2ccc3c(c2Cc2ccccc2C#N)CCC(=O)N3)cn(C)c1=O.N#Cc1ccccc1Cc1c(Cl)ccc2c1CCC(=O)N2. The lowest BCUT2D eigenvalue weighted by Crippen LogP contribution is -2.21. The Morgan fingerprint density at radius 2 is 1.24 bits per heavy atom. The second-order valence-corrected chi connectivity index (χ2v) is 12.9. The van der Waals surface area contributed by atoms with Crippen molar-refractivity contribution in [3.63, 3.8) is 0 Å². The maximum absolute atomic E-state index is 12.2. The predicted octanol–water partition coefficient (Wildman–Crippen LogP) is 7.40. The maximum Gasteiger partial charge on any atom is 0.253 e. The number of aromatic nitrogens is 1. The molecule has 0 aliphatic carbocycles. The molecule has 2 aliphatic rings. The zero-order valence-corrected chi connectivity index (χ0v) is 28.5. The number of nitrogens with one attached hydrogen (secondary N) is 2. The first-order valence-corrected chi connectivity index (χ1v) is 16.7.